The van der Waals surface area contributed by atoms with E-state index in [-0.39, 0.29) is 42.3 Å². The highest BCUT2D eigenvalue weighted by Gasteiger charge is 2.35. The van der Waals surface area contributed by atoms with Gasteiger partial charge in [0.05, 0.1) is 6.10 Å². The number of carbonyl (C=O) groups excluding carboxylic acids is 3. The van der Waals surface area contributed by atoms with E-state index in [2.05, 4.69) is 12.2 Å². The predicted octanol–water partition coefficient (Wildman–Crippen LogP) is 0.795. The SMILES string of the molecule is CC1CCC(=O)C(C(O)CC2CC(=O)NC(=O)C2)C1. The number of Topliss-reactive ketones (excluding diaryl/α,β-unsaturated/α-hetero) is 1. The number of rotatable bonds is 3. The summed E-state index contributed by atoms with van der Waals surface area (Å²) in [4.78, 5) is 34.4. The van der Waals surface area contributed by atoms with Gasteiger partial charge in [-0.2, -0.15) is 0 Å². The second-order valence-corrected chi connectivity index (χ2v) is 6.00. The number of carbonyl (C=O) groups is 3. The van der Waals surface area contributed by atoms with E-state index in [1.165, 1.54) is 0 Å². The average molecular weight is 267 g/mol. The van der Waals surface area contributed by atoms with Crippen LogP contribution in [0.25, 0.3) is 0 Å². The first-order valence-corrected chi connectivity index (χ1v) is 6.99. The average Bonchev–Trinajstić information content (AvgIpc) is 2.30. The van der Waals surface area contributed by atoms with Gasteiger partial charge in [0.25, 0.3) is 0 Å². The highest BCUT2D eigenvalue weighted by Crippen LogP contribution is 2.32. The van der Waals surface area contributed by atoms with Crippen molar-refractivity contribution in [3.05, 3.63) is 0 Å². The molecule has 2 amide bonds. The zero-order valence-electron chi connectivity index (χ0n) is 11.2. The smallest absolute Gasteiger partial charge is 0.226 e. The molecule has 2 aliphatic rings. The Balaban J connectivity index is 1.92. The highest BCUT2D eigenvalue weighted by atomic mass is 16.3. The fourth-order valence-corrected chi connectivity index (χ4v) is 3.16. The number of hydrogen-bond donors (Lipinski definition) is 2. The first-order chi connectivity index (χ1) is 8.95. The van der Waals surface area contributed by atoms with Crippen molar-refractivity contribution in [3.63, 3.8) is 0 Å². The van der Waals surface area contributed by atoms with Gasteiger partial charge in [-0.1, -0.05) is 6.92 Å². The number of piperidine rings is 1. The third-order valence-corrected chi connectivity index (χ3v) is 4.22. The van der Waals surface area contributed by atoms with Crippen LogP contribution >= 0.6 is 0 Å². The maximum Gasteiger partial charge on any atom is 0.226 e. The van der Waals surface area contributed by atoms with Crippen molar-refractivity contribution in [2.45, 2.75) is 51.6 Å². The van der Waals surface area contributed by atoms with Gasteiger partial charge in [0, 0.05) is 25.2 Å². The number of amides is 2. The summed E-state index contributed by atoms with van der Waals surface area (Å²) in [5.41, 5.74) is 0. The highest BCUT2D eigenvalue weighted by molar-refractivity contribution is 5.97. The van der Waals surface area contributed by atoms with E-state index in [9.17, 15) is 19.5 Å². The van der Waals surface area contributed by atoms with Gasteiger partial charge >= 0.3 is 0 Å². The third-order valence-electron chi connectivity index (χ3n) is 4.22. The summed E-state index contributed by atoms with van der Waals surface area (Å²) in [7, 11) is 0. The van der Waals surface area contributed by atoms with E-state index in [4.69, 9.17) is 0 Å². The molecule has 1 aliphatic carbocycles. The molecule has 1 heterocycles. The number of aliphatic hydroxyl groups excluding tert-OH is 1. The Hall–Kier alpha value is -1.23. The zero-order valence-corrected chi connectivity index (χ0v) is 11.2. The van der Waals surface area contributed by atoms with Crippen LogP contribution in [0.15, 0.2) is 0 Å². The molecule has 5 heteroatoms. The summed E-state index contributed by atoms with van der Waals surface area (Å²) >= 11 is 0. The van der Waals surface area contributed by atoms with Gasteiger partial charge < -0.3 is 5.11 Å². The molecular formula is C14H21NO4. The van der Waals surface area contributed by atoms with Crippen molar-refractivity contribution in [3.8, 4) is 0 Å². The van der Waals surface area contributed by atoms with Gasteiger partial charge in [0.15, 0.2) is 0 Å². The van der Waals surface area contributed by atoms with Crippen LogP contribution in [-0.4, -0.2) is 28.8 Å². The molecule has 0 aromatic carbocycles. The Morgan fingerprint density at radius 3 is 2.53 bits per heavy atom. The van der Waals surface area contributed by atoms with Gasteiger partial charge in [-0.05, 0) is 31.1 Å². The standard InChI is InChI=1S/C14H21NO4/c1-8-2-3-11(16)10(4-8)12(17)5-9-6-13(18)15-14(19)7-9/h8-10,12,17H,2-7H2,1H3,(H,15,18,19). The third kappa shape index (κ3) is 3.62. The summed E-state index contributed by atoms with van der Waals surface area (Å²) in [6.45, 7) is 2.09. The van der Waals surface area contributed by atoms with E-state index >= 15 is 0 Å². The lowest BCUT2D eigenvalue weighted by atomic mass is 9.76. The molecule has 2 rings (SSSR count). The van der Waals surface area contributed by atoms with E-state index < -0.39 is 6.10 Å². The minimum Gasteiger partial charge on any atom is -0.392 e. The monoisotopic (exact) mass is 267 g/mol. The van der Waals surface area contributed by atoms with Crippen LogP contribution in [-0.2, 0) is 14.4 Å². The Labute approximate surface area is 112 Å². The van der Waals surface area contributed by atoms with Gasteiger partial charge in [-0.25, -0.2) is 0 Å². The van der Waals surface area contributed by atoms with Crippen molar-refractivity contribution in [2.75, 3.05) is 0 Å². The predicted molar refractivity (Wildman–Crippen MR) is 68.0 cm³/mol. The summed E-state index contributed by atoms with van der Waals surface area (Å²) in [5.74, 6) is -0.440. The topological polar surface area (TPSA) is 83.5 Å². The van der Waals surface area contributed by atoms with Crippen LogP contribution in [0.1, 0.15) is 45.4 Å². The first-order valence-electron chi connectivity index (χ1n) is 6.99. The summed E-state index contributed by atoms with van der Waals surface area (Å²) in [5, 5.41) is 12.5. The second-order valence-electron chi connectivity index (χ2n) is 6.00. The van der Waals surface area contributed by atoms with Gasteiger partial charge in [-0.3, -0.25) is 19.7 Å². The molecule has 0 radical (unpaired) electrons. The number of imide groups is 1. The Morgan fingerprint density at radius 1 is 1.26 bits per heavy atom. The Bertz CT molecular complexity index is 377. The van der Waals surface area contributed by atoms with Crippen LogP contribution in [0.2, 0.25) is 0 Å². The van der Waals surface area contributed by atoms with Crippen molar-refractivity contribution in [2.24, 2.45) is 17.8 Å². The lowest BCUT2D eigenvalue weighted by molar-refractivity contribution is -0.135. The minimum atomic E-state index is -0.723. The lowest BCUT2D eigenvalue weighted by Crippen LogP contribution is -2.41. The minimum absolute atomic E-state index is 0.122. The van der Waals surface area contributed by atoms with Crippen LogP contribution < -0.4 is 5.32 Å². The summed E-state index contributed by atoms with van der Waals surface area (Å²) in [6.07, 6.45) is 2.31. The number of nitrogens with one attached hydrogen (secondary N) is 1. The van der Waals surface area contributed by atoms with E-state index in [0.717, 1.165) is 6.42 Å². The molecule has 0 spiro atoms. The van der Waals surface area contributed by atoms with Gasteiger partial charge in [0.1, 0.15) is 5.78 Å². The molecule has 3 unspecified atom stereocenters. The number of ketones is 1. The molecule has 5 nitrogen and oxygen atoms in total. The Kier molecular flexibility index (Phi) is 4.34. The van der Waals surface area contributed by atoms with E-state index in [0.29, 0.717) is 25.2 Å². The molecular weight excluding hydrogens is 246 g/mol. The van der Waals surface area contributed by atoms with Gasteiger partial charge in [-0.15, -0.1) is 0 Å². The molecule has 1 saturated carbocycles. The molecule has 2 N–H and O–H groups in total. The van der Waals surface area contributed by atoms with Crippen molar-refractivity contribution < 1.29 is 19.5 Å². The molecule has 0 aromatic rings. The van der Waals surface area contributed by atoms with Crippen LogP contribution in [0, 0.1) is 17.8 Å². The fraction of sp³-hybridized carbons (Fsp3) is 0.786. The molecule has 0 bridgehead atoms. The van der Waals surface area contributed by atoms with E-state index in [1.807, 2.05) is 0 Å². The van der Waals surface area contributed by atoms with Crippen LogP contribution in [0.5, 0.6) is 0 Å². The molecule has 19 heavy (non-hydrogen) atoms. The summed E-state index contributed by atoms with van der Waals surface area (Å²) in [6, 6.07) is 0. The quantitative estimate of drug-likeness (QED) is 0.741. The number of aliphatic hydroxyl groups is 1. The van der Waals surface area contributed by atoms with Crippen LogP contribution in [0.3, 0.4) is 0 Å². The molecule has 1 saturated heterocycles. The largest absolute Gasteiger partial charge is 0.392 e. The van der Waals surface area contributed by atoms with E-state index in [1.54, 1.807) is 0 Å². The Morgan fingerprint density at radius 2 is 1.89 bits per heavy atom. The first kappa shape index (κ1) is 14.2. The normalized spacial score (nSPS) is 31.2. The van der Waals surface area contributed by atoms with Crippen molar-refractivity contribution in [1.29, 1.82) is 0 Å². The summed E-state index contributed by atoms with van der Waals surface area (Å²) < 4.78 is 0. The molecule has 0 aromatic heterocycles. The maximum absolute atomic E-state index is 11.8. The maximum atomic E-state index is 11.8. The lowest BCUT2D eigenvalue weighted by Gasteiger charge is -2.31. The van der Waals surface area contributed by atoms with Crippen LogP contribution in [0.4, 0.5) is 0 Å². The van der Waals surface area contributed by atoms with Crippen molar-refractivity contribution >= 4 is 17.6 Å². The van der Waals surface area contributed by atoms with Gasteiger partial charge in [0.2, 0.25) is 11.8 Å². The fourth-order valence-electron chi connectivity index (χ4n) is 3.16. The second kappa shape index (κ2) is 5.82. The molecule has 106 valence electrons. The molecule has 1 aliphatic heterocycles. The zero-order chi connectivity index (χ0) is 14.0. The molecule has 2 fully saturated rings. The molecule has 3 atom stereocenters. The number of hydrogen-bond acceptors (Lipinski definition) is 4. The van der Waals surface area contributed by atoms with Crippen molar-refractivity contribution in [1.82, 2.24) is 5.32 Å².